The lowest BCUT2D eigenvalue weighted by molar-refractivity contribution is 0.214. The van der Waals surface area contributed by atoms with Gasteiger partial charge >= 0.3 is 0 Å². The van der Waals surface area contributed by atoms with Crippen LogP contribution in [-0.4, -0.2) is 14.9 Å². The average Bonchev–Trinajstić information content (AvgIpc) is 2.80. The van der Waals surface area contributed by atoms with E-state index in [2.05, 4.69) is 5.10 Å². The SMILES string of the molecule is CCn1cc(C(O)c2cc(F)ccc2F)cn1. The molecule has 0 radical (unpaired) electrons. The van der Waals surface area contributed by atoms with Crippen LogP contribution in [0.1, 0.15) is 24.2 Å². The van der Waals surface area contributed by atoms with Crippen molar-refractivity contribution in [2.45, 2.75) is 19.6 Å². The molecule has 0 saturated carbocycles. The summed E-state index contributed by atoms with van der Waals surface area (Å²) in [5, 5.41) is 13.9. The maximum absolute atomic E-state index is 13.4. The van der Waals surface area contributed by atoms with E-state index in [1.165, 1.54) is 6.20 Å². The van der Waals surface area contributed by atoms with Gasteiger partial charge in [-0.05, 0) is 25.1 Å². The first kappa shape index (κ1) is 11.7. The molecule has 17 heavy (non-hydrogen) atoms. The molecule has 1 aromatic carbocycles. The minimum absolute atomic E-state index is 0.0827. The van der Waals surface area contributed by atoms with E-state index >= 15 is 0 Å². The quantitative estimate of drug-likeness (QED) is 0.890. The second kappa shape index (κ2) is 4.63. The van der Waals surface area contributed by atoms with Crippen molar-refractivity contribution in [3.8, 4) is 0 Å². The van der Waals surface area contributed by atoms with Crippen molar-refractivity contribution in [3.05, 3.63) is 53.4 Å². The number of nitrogens with zero attached hydrogens (tertiary/aromatic N) is 2. The predicted molar refractivity (Wildman–Crippen MR) is 58.3 cm³/mol. The number of benzene rings is 1. The highest BCUT2D eigenvalue weighted by Crippen LogP contribution is 2.24. The monoisotopic (exact) mass is 238 g/mol. The van der Waals surface area contributed by atoms with Gasteiger partial charge in [0.2, 0.25) is 0 Å². The summed E-state index contributed by atoms with van der Waals surface area (Å²) in [5.41, 5.74) is 0.358. The molecule has 2 rings (SSSR count). The molecule has 3 nitrogen and oxygen atoms in total. The molecule has 1 heterocycles. The van der Waals surface area contributed by atoms with Crippen molar-refractivity contribution in [3.63, 3.8) is 0 Å². The Morgan fingerprint density at radius 3 is 2.82 bits per heavy atom. The van der Waals surface area contributed by atoms with Crippen LogP contribution in [0.15, 0.2) is 30.6 Å². The molecule has 0 bridgehead atoms. The Labute approximate surface area is 97.3 Å². The Kier molecular flexibility index (Phi) is 3.19. The zero-order valence-corrected chi connectivity index (χ0v) is 9.27. The van der Waals surface area contributed by atoms with Gasteiger partial charge in [0.25, 0.3) is 0 Å². The smallest absolute Gasteiger partial charge is 0.129 e. The van der Waals surface area contributed by atoms with Crippen LogP contribution >= 0.6 is 0 Å². The van der Waals surface area contributed by atoms with Gasteiger partial charge in [-0.3, -0.25) is 4.68 Å². The molecule has 1 unspecified atom stereocenters. The fourth-order valence-electron chi connectivity index (χ4n) is 1.60. The molecule has 0 fully saturated rings. The minimum atomic E-state index is -1.20. The molecule has 0 aliphatic carbocycles. The molecular formula is C12H12F2N2O. The number of hydrogen-bond donors (Lipinski definition) is 1. The first-order valence-electron chi connectivity index (χ1n) is 5.27. The van der Waals surface area contributed by atoms with Gasteiger partial charge in [-0.15, -0.1) is 0 Å². The number of aromatic nitrogens is 2. The first-order valence-corrected chi connectivity index (χ1v) is 5.27. The minimum Gasteiger partial charge on any atom is -0.383 e. The number of aryl methyl sites for hydroxylation is 1. The van der Waals surface area contributed by atoms with Crippen molar-refractivity contribution < 1.29 is 13.9 Å². The van der Waals surface area contributed by atoms with Crippen LogP contribution in [0.5, 0.6) is 0 Å². The zero-order valence-electron chi connectivity index (χ0n) is 9.27. The third-order valence-corrected chi connectivity index (χ3v) is 2.55. The van der Waals surface area contributed by atoms with Crippen LogP contribution in [0.4, 0.5) is 8.78 Å². The summed E-state index contributed by atoms with van der Waals surface area (Å²) >= 11 is 0. The van der Waals surface area contributed by atoms with Crippen LogP contribution in [0, 0.1) is 11.6 Å². The summed E-state index contributed by atoms with van der Waals surface area (Å²) in [6.45, 7) is 2.55. The Bertz CT molecular complexity index is 525. The number of halogens is 2. The Hall–Kier alpha value is -1.75. The van der Waals surface area contributed by atoms with Crippen LogP contribution in [0.3, 0.4) is 0 Å². The lowest BCUT2D eigenvalue weighted by Crippen LogP contribution is -2.02. The van der Waals surface area contributed by atoms with Crippen LogP contribution in [0.25, 0.3) is 0 Å². The van der Waals surface area contributed by atoms with Gasteiger partial charge in [0.05, 0.1) is 6.20 Å². The maximum atomic E-state index is 13.4. The standard InChI is InChI=1S/C12H12F2N2O/c1-2-16-7-8(6-15-16)12(17)10-5-9(13)3-4-11(10)14/h3-7,12,17H,2H2,1H3. The summed E-state index contributed by atoms with van der Waals surface area (Å²) in [6.07, 6.45) is 1.85. The largest absolute Gasteiger partial charge is 0.383 e. The van der Waals surface area contributed by atoms with Gasteiger partial charge in [-0.25, -0.2) is 8.78 Å². The number of aliphatic hydroxyl groups is 1. The molecule has 1 aromatic heterocycles. The van der Waals surface area contributed by atoms with Gasteiger partial charge in [0, 0.05) is 23.9 Å². The predicted octanol–water partition coefficient (Wildman–Crippen LogP) is 2.26. The molecule has 2 aromatic rings. The Morgan fingerprint density at radius 2 is 2.18 bits per heavy atom. The van der Waals surface area contributed by atoms with Gasteiger partial charge in [-0.1, -0.05) is 0 Å². The molecule has 5 heteroatoms. The number of rotatable bonds is 3. The number of aliphatic hydroxyl groups excluding tert-OH is 1. The van der Waals surface area contributed by atoms with Gasteiger partial charge in [0.1, 0.15) is 17.7 Å². The normalized spacial score (nSPS) is 12.7. The summed E-state index contributed by atoms with van der Waals surface area (Å²) in [6, 6.07) is 3.00. The van der Waals surface area contributed by atoms with E-state index in [0.29, 0.717) is 12.1 Å². The van der Waals surface area contributed by atoms with Crippen molar-refractivity contribution in [1.82, 2.24) is 9.78 Å². The van der Waals surface area contributed by atoms with Crippen LogP contribution in [0.2, 0.25) is 0 Å². The maximum Gasteiger partial charge on any atom is 0.129 e. The lowest BCUT2D eigenvalue weighted by atomic mass is 10.0. The topological polar surface area (TPSA) is 38.0 Å². The molecule has 90 valence electrons. The molecular weight excluding hydrogens is 226 g/mol. The molecule has 0 spiro atoms. The van der Waals surface area contributed by atoms with Gasteiger partial charge in [0.15, 0.2) is 0 Å². The van der Waals surface area contributed by atoms with Gasteiger partial charge < -0.3 is 5.11 Å². The second-order valence-corrected chi connectivity index (χ2v) is 3.70. The molecule has 0 amide bonds. The van der Waals surface area contributed by atoms with E-state index in [9.17, 15) is 13.9 Å². The van der Waals surface area contributed by atoms with Gasteiger partial charge in [-0.2, -0.15) is 5.10 Å². The summed E-state index contributed by atoms with van der Waals surface area (Å²) in [4.78, 5) is 0. The van der Waals surface area contributed by atoms with E-state index in [-0.39, 0.29) is 5.56 Å². The lowest BCUT2D eigenvalue weighted by Gasteiger charge is -2.09. The summed E-state index contributed by atoms with van der Waals surface area (Å²) in [5.74, 6) is -1.22. The van der Waals surface area contributed by atoms with E-state index < -0.39 is 17.7 Å². The fraction of sp³-hybridized carbons (Fsp3) is 0.250. The van der Waals surface area contributed by atoms with E-state index in [4.69, 9.17) is 0 Å². The zero-order chi connectivity index (χ0) is 12.4. The van der Waals surface area contributed by atoms with Crippen molar-refractivity contribution in [2.75, 3.05) is 0 Å². The molecule has 0 aliphatic rings. The van der Waals surface area contributed by atoms with Crippen molar-refractivity contribution in [2.24, 2.45) is 0 Å². The van der Waals surface area contributed by atoms with E-state index in [1.807, 2.05) is 6.92 Å². The molecule has 0 aliphatic heterocycles. The van der Waals surface area contributed by atoms with Crippen LogP contribution < -0.4 is 0 Å². The molecule has 0 saturated heterocycles. The van der Waals surface area contributed by atoms with Crippen LogP contribution in [-0.2, 0) is 6.54 Å². The first-order chi connectivity index (χ1) is 8.11. The highest BCUT2D eigenvalue weighted by molar-refractivity contribution is 5.28. The van der Waals surface area contributed by atoms with E-state index in [1.54, 1.807) is 10.9 Å². The third-order valence-electron chi connectivity index (χ3n) is 2.55. The Morgan fingerprint density at radius 1 is 1.41 bits per heavy atom. The fourth-order valence-corrected chi connectivity index (χ4v) is 1.60. The molecule has 1 N–H and O–H groups in total. The second-order valence-electron chi connectivity index (χ2n) is 3.70. The van der Waals surface area contributed by atoms with Crippen molar-refractivity contribution in [1.29, 1.82) is 0 Å². The summed E-state index contributed by atoms with van der Waals surface area (Å²) < 4.78 is 28.0. The summed E-state index contributed by atoms with van der Waals surface area (Å²) in [7, 11) is 0. The van der Waals surface area contributed by atoms with Crippen molar-refractivity contribution >= 4 is 0 Å². The average molecular weight is 238 g/mol. The Balaban J connectivity index is 2.35. The van der Waals surface area contributed by atoms with E-state index in [0.717, 1.165) is 18.2 Å². The third kappa shape index (κ3) is 2.34. The highest BCUT2D eigenvalue weighted by atomic mass is 19.1. The highest BCUT2D eigenvalue weighted by Gasteiger charge is 2.17. The number of hydrogen-bond acceptors (Lipinski definition) is 2. The molecule has 1 atom stereocenters.